The molecule has 0 aromatic heterocycles. The topological polar surface area (TPSA) is 15.3 Å². The maximum atomic E-state index is 13.2. The summed E-state index contributed by atoms with van der Waals surface area (Å²) in [4.78, 5) is 1.41. The predicted molar refractivity (Wildman–Crippen MR) is 70.3 cm³/mol. The lowest BCUT2D eigenvalue weighted by molar-refractivity contribution is -0.147. The molecule has 2 nitrogen and oxygen atoms in total. The molecule has 0 amide bonds. The van der Waals surface area contributed by atoms with E-state index in [4.69, 9.17) is 0 Å². The van der Waals surface area contributed by atoms with Gasteiger partial charge in [0, 0.05) is 24.8 Å². The molecule has 2 rings (SSSR count). The number of anilines is 1. The average Bonchev–Trinajstić information content (AvgIpc) is 2.34. The van der Waals surface area contributed by atoms with E-state index >= 15 is 0 Å². The maximum Gasteiger partial charge on any atom is 0.401 e. The zero-order valence-electron chi connectivity index (χ0n) is 11.3. The molecule has 0 radical (unpaired) electrons. The molecule has 1 saturated heterocycles. The molecule has 0 unspecified atom stereocenters. The van der Waals surface area contributed by atoms with Gasteiger partial charge >= 0.3 is 6.18 Å². The van der Waals surface area contributed by atoms with E-state index in [0.717, 1.165) is 11.3 Å². The van der Waals surface area contributed by atoms with Gasteiger partial charge in [-0.2, -0.15) is 13.2 Å². The predicted octanol–water partition coefficient (Wildman–Crippen LogP) is 3.57. The Kier molecular flexibility index (Phi) is 4.52. The summed E-state index contributed by atoms with van der Waals surface area (Å²) in [5.41, 5.74) is 1.66. The van der Waals surface area contributed by atoms with Gasteiger partial charge in [0.1, 0.15) is 5.82 Å². The molecule has 0 bridgehead atoms. The van der Waals surface area contributed by atoms with Crippen molar-refractivity contribution in [1.82, 2.24) is 4.90 Å². The summed E-state index contributed by atoms with van der Waals surface area (Å²) in [6.45, 7) is 1.84. The van der Waals surface area contributed by atoms with E-state index < -0.39 is 12.7 Å². The Morgan fingerprint density at radius 2 is 1.90 bits per heavy atom. The average molecular weight is 290 g/mol. The van der Waals surface area contributed by atoms with Crippen LogP contribution in [0.2, 0.25) is 0 Å². The Bertz CT molecular complexity index is 451. The van der Waals surface area contributed by atoms with Crippen LogP contribution >= 0.6 is 0 Å². The normalized spacial score (nSPS) is 18.2. The molecule has 1 aliphatic rings. The van der Waals surface area contributed by atoms with Crippen molar-refractivity contribution in [2.24, 2.45) is 0 Å². The lowest BCUT2D eigenvalue weighted by Gasteiger charge is -2.33. The summed E-state index contributed by atoms with van der Waals surface area (Å²) in [5.74, 6) is -0.312. The largest absolute Gasteiger partial charge is 0.401 e. The molecular formula is C14H18F4N2. The third kappa shape index (κ3) is 4.37. The van der Waals surface area contributed by atoms with Gasteiger partial charge in [0.05, 0.1) is 6.54 Å². The molecule has 1 aromatic carbocycles. The maximum absolute atomic E-state index is 13.2. The highest BCUT2D eigenvalue weighted by Gasteiger charge is 2.32. The first-order valence-electron chi connectivity index (χ1n) is 6.65. The summed E-state index contributed by atoms with van der Waals surface area (Å²) in [7, 11) is 0. The number of halogens is 4. The Balaban J connectivity index is 1.87. The fraction of sp³-hybridized carbons (Fsp3) is 0.571. The zero-order valence-corrected chi connectivity index (χ0v) is 11.3. The van der Waals surface area contributed by atoms with Gasteiger partial charge < -0.3 is 5.32 Å². The summed E-state index contributed by atoms with van der Waals surface area (Å²) >= 11 is 0. The van der Waals surface area contributed by atoms with Crippen LogP contribution in [0.5, 0.6) is 0 Å². The van der Waals surface area contributed by atoms with Crippen LogP contribution < -0.4 is 5.32 Å². The van der Waals surface area contributed by atoms with Crippen molar-refractivity contribution >= 4 is 5.69 Å². The van der Waals surface area contributed by atoms with Crippen molar-refractivity contribution < 1.29 is 17.6 Å². The molecule has 20 heavy (non-hydrogen) atoms. The second kappa shape index (κ2) is 5.99. The molecule has 6 heteroatoms. The number of hydrogen-bond donors (Lipinski definition) is 1. The van der Waals surface area contributed by atoms with Crippen molar-refractivity contribution in [1.29, 1.82) is 0 Å². The highest BCUT2D eigenvalue weighted by molar-refractivity contribution is 5.51. The van der Waals surface area contributed by atoms with Crippen LogP contribution in [-0.2, 0) is 0 Å². The quantitative estimate of drug-likeness (QED) is 0.856. The van der Waals surface area contributed by atoms with Gasteiger partial charge in [0.2, 0.25) is 0 Å². The van der Waals surface area contributed by atoms with E-state index in [1.807, 2.05) is 6.92 Å². The molecule has 0 atom stereocenters. The van der Waals surface area contributed by atoms with Crippen LogP contribution in [-0.4, -0.2) is 36.8 Å². The SMILES string of the molecule is Cc1ccc(F)cc1NC1CCN(CC(F)(F)F)CC1. The highest BCUT2D eigenvalue weighted by Crippen LogP contribution is 2.23. The number of nitrogens with zero attached hydrogens (tertiary/aromatic N) is 1. The van der Waals surface area contributed by atoms with Crippen LogP contribution in [0.15, 0.2) is 18.2 Å². The van der Waals surface area contributed by atoms with Crippen LogP contribution in [0, 0.1) is 12.7 Å². The summed E-state index contributed by atoms with van der Waals surface area (Å²) in [6.07, 6.45) is -2.88. The standard InChI is InChI=1S/C14H18F4N2/c1-10-2-3-11(15)8-13(10)19-12-4-6-20(7-5-12)9-14(16,17)18/h2-3,8,12,19H,4-7,9H2,1H3. The molecule has 112 valence electrons. The van der Waals surface area contributed by atoms with Crippen molar-refractivity contribution in [2.75, 3.05) is 25.0 Å². The Labute approximate surface area is 115 Å². The van der Waals surface area contributed by atoms with Crippen LogP contribution in [0.1, 0.15) is 18.4 Å². The minimum atomic E-state index is -4.14. The lowest BCUT2D eigenvalue weighted by atomic mass is 10.0. The summed E-state index contributed by atoms with van der Waals surface area (Å²) in [6, 6.07) is 4.61. The molecule has 1 N–H and O–H groups in total. The van der Waals surface area contributed by atoms with E-state index in [-0.39, 0.29) is 11.9 Å². The summed E-state index contributed by atoms with van der Waals surface area (Å²) in [5, 5.41) is 3.23. The van der Waals surface area contributed by atoms with Crippen molar-refractivity contribution in [3.8, 4) is 0 Å². The first-order valence-corrected chi connectivity index (χ1v) is 6.65. The fourth-order valence-electron chi connectivity index (χ4n) is 2.46. The number of aryl methyl sites for hydroxylation is 1. The number of rotatable bonds is 3. The van der Waals surface area contributed by atoms with E-state index in [9.17, 15) is 17.6 Å². The molecule has 1 aromatic rings. The number of piperidine rings is 1. The van der Waals surface area contributed by atoms with Gasteiger partial charge in [-0.15, -0.1) is 0 Å². The minimum Gasteiger partial charge on any atom is -0.382 e. The molecule has 1 aliphatic heterocycles. The number of benzene rings is 1. The van der Waals surface area contributed by atoms with Gasteiger partial charge in [0.15, 0.2) is 0 Å². The molecule has 0 aliphatic carbocycles. The third-order valence-corrected chi connectivity index (χ3v) is 3.55. The van der Waals surface area contributed by atoms with Crippen molar-refractivity contribution in [2.45, 2.75) is 32.0 Å². The Morgan fingerprint density at radius 1 is 1.25 bits per heavy atom. The van der Waals surface area contributed by atoms with Crippen LogP contribution in [0.4, 0.5) is 23.2 Å². The zero-order chi connectivity index (χ0) is 14.8. The van der Waals surface area contributed by atoms with Crippen LogP contribution in [0.25, 0.3) is 0 Å². The fourth-order valence-corrected chi connectivity index (χ4v) is 2.46. The number of hydrogen-bond acceptors (Lipinski definition) is 2. The van der Waals surface area contributed by atoms with E-state index in [1.54, 1.807) is 6.07 Å². The number of nitrogens with one attached hydrogen (secondary N) is 1. The molecule has 0 saturated carbocycles. The first kappa shape index (κ1) is 15.1. The lowest BCUT2D eigenvalue weighted by Crippen LogP contribution is -2.43. The second-order valence-corrected chi connectivity index (χ2v) is 5.27. The molecule has 1 fully saturated rings. The van der Waals surface area contributed by atoms with E-state index in [1.165, 1.54) is 17.0 Å². The first-order chi connectivity index (χ1) is 9.33. The van der Waals surface area contributed by atoms with Gasteiger partial charge in [-0.05, 0) is 37.5 Å². The Morgan fingerprint density at radius 3 is 2.50 bits per heavy atom. The molecule has 1 heterocycles. The van der Waals surface area contributed by atoms with Crippen LogP contribution in [0.3, 0.4) is 0 Å². The number of alkyl halides is 3. The monoisotopic (exact) mass is 290 g/mol. The molecular weight excluding hydrogens is 272 g/mol. The summed E-state index contributed by atoms with van der Waals surface area (Å²) < 4.78 is 50.0. The van der Waals surface area contributed by atoms with Gasteiger partial charge in [0.25, 0.3) is 0 Å². The smallest absolute Gasteiger partial charge is 0.382 e. The number of likely N-dealkylation sites (tertiary alicyclic amines) is 1. The van der Waals surface area contributed by atoms with Gasteiger partial charge in [-0.1, -0.05) is 6.07 Å². The minimum absolute atomic E-state index is 0.0972. The highest BCUT2D eigenvalue weighted by atomic mass is 19.4. The van der Waals surface area contributed by atoms with Gasteiger partial charge in [-0.3, -0.25) is 4.90 Å². The van der Waals surface area contributed by atoms with E-state index in [0.29, 0.717) is 25.9 Å². The second-order valence-electron chi connectivity index (χ2n) is 5.27. The van der Waals surface area contributed by atoms with Crippen molar-refractivity contribution in [3.63, 3.8) is 0 Å². The van der Waals surface area contributed by atoms with E-state index in [2.05, 4.69) is 5.32 Å². The van der Waals surface area contributed by atoms with Crippen molar-refractivity contribution in [3.05, 3.63) is 29.6 Å². The third-order valence-electron chi connectivity index (χ3n) is 3.55. The Hall–Kier alpha value is -1.30. The molecule has 0 spiro atoms. The van der Waals surface area contributed by atoms with Gasteiger partial charge in [-0.25, -0.2) is 4.39 Å².